The molecule has 0 saturated heterocycles. The lowest BCUT2D eigenvalue weighted by molar-refractivity contribution is -0.142. The van der Waals surface area contributed by atoms with Crippen LogP contribution in [0.15, 0.2) is 30.3 Å². The van der Waals surface area contributed by atoms with Crippen molar-refractivity contribution >= 4 is 12.0 Å². The minimum Gasteiger partial charge on any atom is -0.361 e. The van der Waals surface area contributed by atoms with Crippen LogP contribution in [0.25, 0.3) is 5.53 Å². The average molecular weight is 280 g/mol. The minimum atomic E-state index is -0.272. The Hall–Kier alpha value is -1.73. The van der Waals surface area contributed by atoms with Crippen LogP contribution in [0.2, 0.25) is 0 Å². The molecule has 4 saturated carbocycles. The topological polar surface area (TPSA) is 53.5 Å². The van der Waals surface area contributed by atoms with Crippen molar-refractivity contribution in [2.24, 2.45) is 17.3 Å². The van der Waals surface area contributed by atoms with E-state index in [4.69, 9.17) is 5.53 Å². The van der Waals surface area contributed by atoms with Crippen molar-refractivity contribution in [3.05, 3.63) is 41.4 Å². The van der Waals surface area contributed by atoms with Gasteiger partial charge in [-0.1, -0.05) is 30.3 Å². The average Bonchev–Trinajstić information content (AvgIpc) is 2.47. The van der Waals surface area contributed by atoms with Crippen molar-refractivity contribution < 1.29 is 9.58 Å². The van der Waals surface area contributed by atoms with Crippen molar-refractivity contribution in [1.29, 1.82) is 0 Å². The van der Waals surface area contributed by atoms with Gasteiger partial charge in [0.1, 0.15) is 0 Å². The molecule has 1 aromatic carbocycles. The minimum absolute atomic E-state index is 0.0411. The highest BCUT2D eigenvalue weighted by molar-refractivity contribution is 6.27. The Morgan fingerprint density at radius 2 is 1.81 bits per heavy atom. The van der Waals surface area contributed by atoms with Crippen LogP contribution in [0, 0.1) is 17.3 Å². The number of rotatable bonds is 3. The highest BCUT2D eigenvalue weighted by atomic mass is 16.1. The molecule has 0 spiro atoms. The summed E-state index contributed by atoms with van der Waals surface area (Å²) in [5, 5.41) is 0. The number of benzene rings is 1. The summed E-state index contributed by atoms with van der Waals surface area (Å²) in [5.41, 5.74) is 10.1. The number of carbonyl (C=O) groups excluding carboxylic acids is 1. The van der Waals surface area contributed by atoms with Gasteiger partial charge in [0.25, 0.3) is 0 Å². The van der Waals surface area contributed by atoms with Gasteiger partial charge >= 0.3 is 6.21 Å². The molecule has 5 rings (SSSR count). The first-order valence-corrected chi connectivity index (χ1v) is 7.93. The second-order valence-corrected chi connectivity index (χ2v) is 7.50. The van der Waals surface area contributed by atoms with Crippen LogP contribution in [-0.2, 0) is 10.2 Å². The van der Waals surface area contributed by atoms with E-state index in [0.717, 1.165) is 25.5 Å². The molecule has 0 amide bonds. The maximum absolute atomic E-state index is 12.6. The smallest absolute Gasteiger partial charge is 0.323 e. The zero-order valence-corrected chi connectivity index (χ0v) is 12.2. The van der Waals surface area contributed by atoms with Crippen LogP contribution in [-0.4, -0.2) is 16.8 Å². The summed E-state index contributed by atoms with van der Waals surface area (Å²) < 4.78 is 0. The van der Waals surface area contributed by atoms with Crippen molar-refractivity contribution in [2.75, 3.05) is 0 Å². The molecule has 3 nitrogen and oxygen atoms in total. The van der Waals surface area contributed by atoms with E-state index in [1.807, 2.05) is 0 Å². The van der Waals surface area contributed by atoms with E-state index in [2.05, 4.69) is 35.1 Å². The monoisotopic (exact) mass is 280 g/mol. The largest absolute Gasteiger partial charge is 0.361 e. The molecule has 0 N–H and O–H groups in total. The zero-order chi connectivity index (χ0) is 14.5. The Bertz CT molecular complexity index is 616. The summed E-state index contributed by atoms with van der Waals surface area (Å²) in [7, 11) is 0. The third kappa shape index (κ3) is 1.84. The first kappa shape index (κ1) is 13.0. The molecule has 0 aromatic heterocycles. The van der Waals surface area contributed by atoms with Gasteiger partial charge in [0, 0.05) is 5.41 Å². The highest BCUT2D eigenvalue weighted by Crippen LogP contribution is 2.65. The van der Waals surface area contributed by atoms with E-state index < -0.39 is 0 Å². The molecule has 4 aliphatic rings. The molecule has 2 atom stereocenters. The molecule has 4 bridgehead atoms. The van der Waals surface area contributed by atoms with Crippen LogP contribution in [0.3, 0.4) is 0 Å². The molecule has 1 aromatic rings. The summed E-state index contributed by atoms with van der Waals surface area (Å²) in [6, 6.07) is 10.7. The van der Waals surface area contributed by atoms with Crippen molar-refractivity contribution in [3.8, 4) is 0 Å². The molecule has 0 heterocycles. The fraction of sp³-hybridized carbons (Fsp3) is 0.556. The zero-order valence-electron chi connectivity index (χ0n) is 12.2. The number of Topliss-reactive ketones (excluding diaryl/α,β-unsaturated/α-hetero) is 1. The lowest BCUT2D eigenvalue weighted by Crippen LogP contribution is -2.57. The van der Waals surface area contributed by atoms with E-state index in [-0.39, 0.29) is 16.6 Å². The van der Waals surface area contributed by atoms with Gasteiger partial charge in [0.05, 0.1) is 0 Å². The van der Waals surface area contributed by atoms with E-state index in [9.17, 15) is 4.79 Å². The van der Waals surface area contributed by atoms with Crippen molar-refractivity contribution in [2.45, 2.75) is 43.9 Å². The molecular formula is C18H20N2O. The van der Waals surface area contributed by atoms with Gasteiger partial charge in [-0.3, -0.25) is 4.79 Å². The van der Waals surface area contributed by atoms with Crippen LogP contribution >= 0.6 is 0 Å². The predicted octanol–water partition coefficient (Wildman–Crippen LogP) is 3.39. The normalized spacial score (nSPS) is 39.8. The van der Waals surface area contributed by atoms with Gasteiger partial charge in [-0.2, -0.15) is 4.79 Å². The second kappa shape index (κ2) is 4.38. The maximum Gasteiger partial charge on any atom is 0.323 e. The highest BCUT2D eigenvalue weighted by Gasteiger charge is 2.61. The van der Waals surface area contributed by atoms with Gasteiger partial charge in [0.15, 0.2) is 0 Å². The number of carbonyl (C=O) groups is 1. The first-order valence-electron chi connectivity index (χ1n) is 7.93. The standard InChI is InChI=1S/C18H20N2O/c19-20-11-16(21)18-9-13-6-14(10-18)8-17(7-13,12-18)15-4-2-1-3-5-15/h1-5,11,13-14H,6-10,12H2. The van der Waals surface area contributed by atoms with Crippen LogP contribution in [0.5, 0.6) is 0 Å². The number of nitrogens with zero attached hydrogens (tertiary/aromatic N) is 2. The molecule has 108 valence electrons. The molecule has 21 heavy (non-hydrogen) atoms. The number of hydrogen-bond acceptors (Lipinski definition) is 1. The Kier molecular flexibility index (Phi) is 2.71. The molecule has 2 unspecified atom stereocenters. The Morgan fingerprint density at radius 3 is 2.43 bits per heavy atom. The Labute approximate surface area is 125 Å². The SMILES string of the molecule is [N-]=[N+]=CC(=O)C12CC3CC(C1)CC(c1ccccc1)(C3)C2. The molecular weight excluding hydrogens is 260 g/mol. The molecule has 3 heteroatoms. The molecule has 0 radical (unpaired) electrons. The fourth-order valence-corrected chi connectivity index (χ4v) is 5.87. The summed E-state index contributed by atoms with van der Waals surface area (Å²) >= 11 is 0. The van der Waals surface area contributed by atoms with Gasteiger partial charge in [0.2, 0.25) is 5.78 Å². The maximum atomic E-state index is 12.6. The van der Waals surface area contributed by atoms with E-state index >= 15 is 0 Å². The quantitative estimate of drug-likeness (QED) is 0.475. The van der Waals surface area contributed by atoms with Gasteiger partial charge < -0.3 is 5.53 Å². The van der Waals surface area contributed by atoms with Crippen molar-refractivity contribution in [1.82, 2.24) is 0 Å². The van der Waals surface area contributed by atoms with Gasteiger partial charge in [-0.25, -0.2) is 0 Å². The third-order valence-electron chi connectivity index (χ3n) is 6.14. The second-order valence-electron chi connectivity index (χ2n) is 7.50. The summed E-state index contributed by atoms with van der Waals surface area (Å²) in [6.07, 6.45) is 7.77. The molecule has 0 aliphatic heterocycles. The van der Waals surface area contributed by atoms with Crippen molar-refractivity contribution in [3.63, 3.8) is 0 Å². The number of ketones is 1. The lowest BCUT2D eigenvalue weighted by atomic mass is 9.42. The number of hydrogen-bond donors (Lipinski definition) is 0. The summed E-state index contributed by atoms with van der Waals surface area (Å²) in [6.45, 7) is 0. The van der Waals surface area contributed by atoms with Gasteiger partial charge in [-0.05, 0) is 61.3 Å². The molecule has 4 aliphatic carbocycles. The van der Waals surface area contributed by atoms with E-state index in [1.165, 1.54) is 24.8 Å². The third-order valence-corrected chi connectivity index (χ3v) is 6.14. The predicted molar refractivity (Wildman–Crippen MR) is 79.9 cm³/mol. The summed E-state index contributed by atoms with van der Waals surface area (Å²) in [4.78, 5) is 15.6. The molecule has 4 fully saturated rings. The Morgan fingerprint density at radius 1 is 1.14 bits per heavy atom. The first-order chi connectivity index (χ1) is 10.2. The van der Waals surface area contributed by atoms with Crippen LogP contribution in [0.4, 0.5) is 0 Å². The van der Waals surface area contributed by atoms with Crippen LogP contribution < -0.4 is 0 Å². The van der Waals surface area contributed by atoms with Gasteiger partial charge in [-0.15, -0.1) is 0 Å². The summed E-state index contributed by atoms with van der Waals surface area (Å²) in [5.74, 6) is 1.35. The van der Waals surface area contributed by atoms with E-state index in [1.54, 1.807) is 0 Å². The van der Waals surface area contributed by atoms with Crippen LogP contribution in [0.1, 0.15) is 44.1 Å². The fourth-order valence-electron chi connectivity index (χ4n) is 5.87. The lowest BCUT2D eigenvalue weighted by Gasteiger charge is -2.61. The Balaban J connectivity index is 1.78. The van der Waals surface area contributed by atoms with E-state index in [0.29, 0.717) is 11.8 Å².